The van der Waals surface area contributed by atoms with Crippen molar-refractivity contribution in [2.75, 3.05) is 5.32 Å². The molecule has 0 aliphatic rings. The summed E-state index contributed by atoms with van der Waals surface area (Å²) in [5, 5.41) is 16.8. The van der Waals surface area contributed by atoms with Crippen molar-refractivity contribution in [3.05, 3.63) is 109 Å². The highest BCUT2D eigenvalue weighted by molar-refractivity contribution is 6.36. The lowest BCUT2D eigenvalue weighted by Gasteiger charge is -2.12. The number of hydrogen-bond donors (Lipinski definition) is 2. The minimum atomic E-state index is -0.637. The van der Waals surface area contributed by atoms with Gasteiger partial charge in [0.1, 0.15) is 5.70 Å². The lowest BCUT2D eigenvalue weighted by molar-refractivity contribution is -0.384. The Morgan fingerprint density at radius 1 is 1.00 bits per heavy atom. The number of hydrogen-bond acceptors (Lipinski definition) is 4. The molecule has 32 heavy (non-hydrogen) atoms. The lowest BCUT2D eigenvalue weighted by Crippen LogP contribution is -2.31. The molecule has 3 rings (SSSR count). The number of amides is 2. The van der Waals surface area contributed by atoms with Crippen molar-refractivity contribution in [1.82, 2.24) is 5.32 Å². The molecular formula is C23H17Cl2N3O4. The molecule has 0 atom stereocenters. The molecule has 0 saturated carbocycles. The van der Waals surface area contributed by atoms with Crippen LogP contribution in [0.25, 0.3) is 6.08 Å². The van der Waals surface area contributed by atoms with Crippen molar-refractivity contribution >= 4 is 52.5 Å². The summed E-state index contributed by atoms with van der Waals surface area (Å²) in [6.45, 7) is 1.91. The molecule has 3 aromatic rings. The maximum Gasteiger partial charge on any atom is 0.272 e. The molecule has 3 aromatic carbocycles. The fourth-order valence-electron chi connectivity index (χ4n) is 2.75. The number of aryl methyl sites for hydroxylation is 1. The second-order valence-corrected chi connectivity index (χ2v) is 7.65. The Labute approximate surface area is 193 Å². The van der Waals surface area contributed by atoms with Crippen LogP contribution in [0.3, 0.4) is 0 Å². The SMILES string of the molecule is Cc1ccc(NC(=O)/C(=C/c2cccc([N+](=O)[O-])c2)NC(=O)c2ccc(Cl)cc2Cl)cc1. The Morgan fingerprint density at radius 3 is 2.38 bits per heavy atom. The van der Waals surface area contributed by atoms with E-state index in [2.05, 4.69) is 10.6 Å². The van der Waals surface area contributed by atoms with Gasteiger partial charge in [-0.2, -0.15) is 0 Å². The Hall–Kier alpha value is -3.68. The average molecular weight is 470 g/mol. The van der Waals surface area contributed by atoms with Crippen LogP contribution in [0.2, 0.25) is 10.0 Å². The van der Waals surface area contributed by atoms with E-state index in [1.807, 2.05) is 19.1 Å². The summed E-state index contributed by atoms with van der Waals surface area (Å²) in [6, 6.07) is 17.1. The second kappa shape index (κ2) is 10.1. The van der Waals surface area contributed by atoms with Gasteiger partial charge in [-0.05, 0) is 48.9 Å². The van der Waals surface area contributed by atoms with Crippen molar-refractivity contribution in [3.63, 3.8) is 0 Å². The molecular weight excluding hydrogens is 453 g/mol. The number of anilines is 1. The first-order chi connectivity index (χ1) is 15.2. The minimum Gasteiger partial charge on any atom is -0.321 e. The highest BCUT2D eigenvalue weighted by atomic mass is 35.5. The van der Waals surface area contributed by atoms with Crippen LogP contribution < -0.4 is 10.6 Å². The van der Waals surface area contributed by atoms with Gasteiger partial charge in [-0.1, -0.05) is 53.0 Å². The monoisotopic (exact) mass is 469 g/mol. The number of halogens is 2. The predicted molar refractivity (Wildman–Crippen MR) is 125 cm³/mol. The summed E-state index contributed by atoms with van der Waals surface area (Å²) in [7, 11) is 0. The van der Waals surface area contributed by atoms with E-state index < -0.39 is 16.7 Å². The maximum absolute atomic E-state index is 12.9. The van der Waals surface area contributed by atoms with Gasteiger partial charge in [0.15, 0.2) is 0 Å². The number of nitrogens with zero attached hydrogens (tertiary/aromatic N) is 1. The molecule has 0 aliphatic heterocycles. The summed E-state index contributed by atoms with van der Waals surface area (Å²) in [6.07, 6.45) is 1.35. The summed E-state index contributed by atoms with van der Waals surface area (Å²) in [5.41, 5.74) is 1.73. The van der Waals surface area contributed by atoms with E-state index in [1.54, 1.807) is 18.2 Å². The van der Waals surface area contributed by atoms with E-state index in [0.29, 0.717) is 16.3 Å². The van der Waals surface area contributed by atoms with Crippen LogP contribution in [-0.2, 0) is 4.79 Å². The molecule has 0 radical (unpaired) electrons. The van der Waals surface area contributed by atoms with E-state index in [9.17, 15) is 19.7 Å². The molecule has 0 aliphatic carbocycles. The smallest absolute Gasteiger partial charge is 0.272 e. The van der Waals surface area contributed by atoms with E-state index in [1.165, 1.54) is 42.5 Å². The van der Waals surface area contributed by atoms with Gasteiger partial charge in [-0.15, -0.1) is 0 Å². The molecule has 0 heterocycles. The van der Waals surface area contributed by atoms with Gasteiger partial charge in [-0.3, -0.25) is 19.7 Å². The number of nitro groups is 1. The number of benzene rings is 3. The van der Waals surface area contributed by atoms with Gasteiger partial charge in [-0.25, -0.2) is 0 Å². The first-order valence-corrected chi connectivity index (χ1v) is 10.1. The van der Waals surface area contributed by atoms with Crippen molar-refractivity contribution in [2.24, 2.45) is 0 Å². The van der Waals surface area contributed by atoms with Crippen molar-refractivity contribution in [3.8, 4) is 0 Å². The third-order valence-corrected chi connectivity index (χ3v) is 4.92. The van der Waals surface area contributed by atoms with Gasteiger partial charge in [0, 0.05) is 22.8 Å². The maximum atomic E-state index is 12.9. The summed E-state index contributed by atoms with van der Waals surface area (Å²) in [4.78, 5) is 36.3. The Balaban J connectivity index is 1.95. The van der Waals surface area contributed by atoms with Crippen LogP contribution in [0, 0.1) is 17.0 Å². The number of carbonyl (C=O) groups excluding carboxylic acids is 2. The van der Waals surface area contributed by atoms with Gasteiger partial charge in [0.2, 0.25) is 0 Å². The third-order valence-electron chi connectivity index (χ3n) is 4.37. The van der Waals surface area contributed by atoms with Gasteiger partial charge in [0.25, 0.3) is 17.5 Å². The van der Waals surface area contributed by atoms with Crippen LogP contribution in [0.1, 0.15) is 21.5 Å². The molecule has 0 spiro atoms. The van der Waals surface area contributed by atoms with Gasteiger partial charge < -0.3 is 10.6 Å². The molecule has 0 saturated heterocycles. The van der Waals surface area contributed by atoms with Crippen LogP contribution in [-0.4, -0.2) is 16.7 Å². The van der Waals surface area contributed by atoms with Crippen molar-refractivity contribution in [1.29, 1.82) is 0 Å². The van der Waals surface area contributed by atoms with Gasteiger partial charge in [0.05, 0.1) is 15.5 Å². The molecule has 0 bridgehead atoms. The highest BCUT2D eigenvalue weighted by Crippen LogP contribution is 2.22. The summed E-state index contributed by atoms with van der Waals surface area (Å²) >= 11 is 12.0. The number of nitrogens with one attached hydrogen (secondary N) is 2. The molecule has 7 nitrogen and oxygen atoms in total. The molecule has 0 aromatic heterocycles. The molecule has 9 heteroatoms. The number of non-ortho nitro benzene ring substituents is 1. The highest BCUT2D eigenvalue weighted by Gasteiger charge is 2.18. The molecule has 2 N–H and O–H groups in total. The van der Waals surface area contributed by atoms with E-state index in [0.717, 1.165) is 5.56 Å². The minimum absolute atomic E-state index is 0.114. The number of rotatable bonds is 6. The van der Waals surface area contributed by atoms with E-state index >= 15 is 0 Å². The summed E-state index contributed by atoms with van der Waals surface area (Å²) in [5.74, 6) is -1.25. The zero-order chi connectivity index (χ0) is 23.3. The fourth-order valence-corrected chi connectivity index (χ4v) is 3.25. The summed E-state index contributed by atoms with van der Waals surface area (Å²) < 4.78 is 0. The third kappa shape index (κ3) is 5.94. The molecule has 0 unspecified atom stereocenters. The Bertz CT molecular complexity index is 1220. The van der Waals surface area contributed by atoms with Crippen LogP contribution >= 0.6 is 23.2 Å². The molecule has 0 fully saturated rings. The molecule has 162 valence electrons. The van der Waals surface area contributed by atoms with E-state index in [4.69, 9.17) is 23.2 Å². The van der Waals surface area contributed by atoms with E-state index in [-0.39, 0.29) is 22.0 Å². The second-order valence-electron chi connectivity index (χ2n) is 6.81. The Morgan fingerprint density at radius 2 is 1.72 bits per heavy atom. The van der Waals surface area contributed by atoms with Crippen molar-refractivity contribution in [2.45, 2.75) is 6.92 Å². The zero-order valence-electron chi connectivity index (χ0n) is 16.8. The lowest BCUT2D eigenvalue weighted by atomic mass is 10.1. The quantitative estimate of drug-likeness (QED) is 0.277. The first-order valence-electron chi connectivity index (χ1n) is 9.33. The zero-order valence-corrected chi connectivity index (χ0v) is 18.3. The topological polar surface area (TPSA) is 101 Å². The Kier molecular flexibility index (Phi) is 7.25. The largest absolute Gasteiger partial charge is 0.321 e. The number of carbonyl (C=O) groups is 2. The number of nitro benzene ring substituents is 1. The van der Waals surface area contributed by atoms with Crippen molar-refractivity contribution < 1.29 is 14.5 Å². The fraction of sp³-hybridized carbons (Fsp3) is 0.0435. The van der Waals surface area contributed by atoms with Gasteiger partial charge >= 0.3 is 0 Å². The normalized spacial score (nSPS) is 11.0. The first kappa shape index (κ1) is 23.0. The predicted octanol–water partition coefficient (Wildman–Crippen LogP) is 5.62. The van der Waals surface area contributed by atoms with Crippen LogP contribution in [0.4, 0.5) is 11.4 Å². The van der Waals surface area contributed by atoms with Crippen LogP contribution in [0.15, 0.2) is 72.4 Å². The van der Waals surface area contributed by atoms with Crippen LogP contribution in [0.5, 0.6) is 0 Å². The standard InChI is InChI=1S/C23H17Cl2N3O4/c1-14-5-8-17(9-6-14)26-23(30)21(12-15-3-2-4-18(11-15)28(31)32)27-22(29)19-10-7-16(24)13-20(19)25/h2-13H,1H3,(H,26,30)(H,27,29)/b21-12-. The molecule has 2 amide bonds. The average Bonchev–Trinajstić information content (AvgIpc) is 2.75.